The predicted molar refractivity (Wildman–Crippen MR) is 86.0 cm³/mol. The number of carbonyl (C=O) groups is 1. The van der Waals surface area contributed by atoms with Gasteiger partial charge >= 0.3 is 0 Å². The van der Waals surface area contributed by atoms with Gasteiger partial charge in [-0.2, -0.15) is 0 Å². The number of carbonyl (C=O) groups excluding carboxylic acids is 1. The van der Waals surface area contributed by atoms with Crippen LogP contribution < -0.4 is 21.1 Å². The van der Waals surface area contributed by atoms with E-state index < -0.39 is 11.2 Å². The molecule has 7 heteroatoms. The van der Waals surface area contributed by atoms with Gasteiger partial charge in [0.15, 0.2) is 11.7 Å². The number of benzene rings is 1. The van der Waals surface area contributed by atoms with Crippen LogP contribution in [-0.4, -0.2) is 30.7 Å². The molecule has 0 bridgehead atoms. The van der Waals surface area contributed by atoms with Crippen LogP contribution in [0, 0.1) is 5.82 Å². The van der Waals surface area contributed by atoms with Crippen molar-refractivity contribution >= 4 is 22.9 Å². The number of hydrogen-bond donors (Lipinski definition) is 1. The van der Waals surface area contributed by atoms with Gasteiger partial charge in [0.25, 0.3) is 0 Å². The zero-order valence-electron chi connectivity index (χ0n) is 12.8. The van der Waals surface area contributed by atoms with Gasteiger partial charge in [-0.25, -0.2) is 4.39 Å². The van der Waals surface area contributed by atoms with Crippen molar-refractivity contribution in [3.63, 3.8) is 0 Å². The van der Waals surface area contributed by atoms with Crippen LogP contribution in [0.1, 0.15) is 28.8 Å². The molecule has 1 saturated heterocycles. The first kappa shape index (κ1) is 14.2. The quantitative estimate of drug-likeness (QED) is 0.834. The Morgan fingerprint density at radius 3 is 2.87 bits per heavy atom. The van der Waals surface area contributed by atoms with Gasteiger partial charge < -0.3 is 15.6 Å². The van der Waals surface area contributed by atoms with E-state index in [0.717, 1.165) is 18.4 Å². The first-order valence-electron chi connectivity index (χ1n) is 7.62. The Morgan fingerprint density at radius 2 is 2.22 bits per heavy atom. The molecule has 120 valence electrons. The number of aromatic nitrogens is 1. The molecule has 6 nitrogen and oxygen atoms in total. The van der Waals surface area contributed by atoms with E-state index in [2.05, 4.69) is 0 Å². The van der Waals surface area contributed by atoms with Gasteiger partial charge in [0.1, 0.15) is 5.82 Å². The van der Waals surface area contributed by atoms with Crippen LogP contribution in [0.3, 0.4) is 0 Å². The molecule has 23 heavy (non-hydrogen) atoms. The molecule has 2 aliphatic heterocycles. The van der Waals surface area contributed by atoms with E-state index in [-0.39, 0.29) is 17.1 Å². The van der Waals surface area contributed by atoms with Gasteiger partial charge in [0.2, 0.25) is 0 Å². The molecule has 0 spiro atoms. The molecule has 2 N–H and O–H groups in total. The Hall–Kier alpha value is -2.41. The van der Waals surface area contributed by atoms with E-state index in [1.165, 1.54) is 12.3 Å². The van der Waals surface area contributed by atoms with Crippen LogP contribution >= 0.6 is 0 Å². The fourth-order valence-electron chi connectivity index (χ4n) is 3.72. The Kier molecular flexibility index (Phi) is 2.96. The number of halogens is 1. The number of hydrogen-bond acceptors (Lipinski definition) is 5. The summed E-state index contributed by atoms with van der Waals surface area (Å²) in [6.45, 7) is 1.17. The van der Waals surface area contributed by atoms with E-state index >= 15 is 0 Å². The first-order chi connectivity index (χ1) is 11.0. The molecule has 0 radical (unpaired) electrons. The third kappa shape index (κ3) is 1.83. The van der Waals surface area contributed by atoms with Crippen molar-refractivity contribution in [3.8, 4) is 0 Å². The topological polar surface area (TPSA) is 71.6 Å². The summed E-state index contributed by atoms with van der Waals surface area (Å²) in [7, 11) is 1.84. The normalized spacial score (nSPS) is 19.9. The van der Waals surface area contributed by atoms with Gasteiger partial charge in [0, 0.05) is 25.4 Å². The number of pyridine rings is 1. The average molecular weight is 316 g/mol. The van der Waals surface area contributed by atoms with E-state index in [1.54, 1.807) is 4.68 Å². The summed E-state index contributed by atoms with van der Waals surface area (Å²) in [5, 5.41) is 2.09. The van der Waals surface area contributed by atoms with E-state index in [0.29, 0.717) is 30.6 Å². The zero-order valence-corrected chi connectivity index (χ0v) is 12.8. The van der Waals surface area contributed by atoms with Gasteiger partial charge in [-0.05, 0) is 18.9 Å². The van der Waals surface area contributed by atoms with Crippen molar-refractivity contribution in [1.29, 1.82) is 0 Å². The summed E-state index contributed by atoms with van der Waals surface area (Å²) in [6.07, 6.45) is 3.56. The maximum Gasteiger partial charge on any atom is 0.200 e. The van der Waals surface area contributed by atoms with Crippen LogP contribution in [0.15, 0.2) is 17.1 Å². The predicted octanol–water partition coefficient (Wildman–Crippen LogP) is 0.919. The van der Waals surface area contributed by atoms with Crippen LogP contribution in [0.25, 0.3) is 10.9 Å². The highest BCUT2D eigenvalue weighted by Crippen LogP contribution is 2.37. The van der Waals surface area contributed by atoms with Gasteiger partial charge in [-0.1, -0.05) is 0 Å². The molecular weight excluding hydrogens is 299 g/mol. The first-order valence-corrected chi connectivity index (χ1v) is 7.62. The van der Waals surface area contributed by atoms with Gasteiger partial charge in [-0.15, -0.1) is 0 Å². The minimum Gasteiger partial charge on any atom is -0.354 e. The third-order valence-corrected chi connectivity index (χ3v) is 4.79. The van der Waals surface area contributed by atoms with Gasteiger partial charge in [0.05, 0.1) is 34.9 Å². The Balaban J connectivity index is 2.08. The minimum absolute atomic E-state index is 0.0298. The average Bonchev–Trinajstić information content (AvgIpc) is 3.07. The smallest absolute Gasteiger partial charge is 0.200 e. The molecular formula is C16H17FN4O2. The number of nitrogens with zero attached hydrogens (tertiary/aromatic N) is 3. The molecule has 3 heterocycles. The molecule has 1 aromatic heterocycles. The molecule has 4 rings (SSSR count). The Bertz CT molecular complexity index is 892. The SMILES string of the molecule is CN1Cc2c(N3CCCC3N)c(F)cc3c(=O)c(C=O)cn1c23. The lowest BCUT2D eigenvalue weighted by atomic mass is 10.0. The summed E-state index contributed by atoms with van der Waals surface area (Å²) in [5.74, 6) is -0.452. The lowest BCUT2D eigenvalue weighted by Gasteiger charge is -2.26. The molecule has 0 saturated carbocycles. The van der Waals surface area contributed by atoms with Crippen molar-refractivity contribution in [2.24, 2.45) is 5.73 Å². The highest BCUT2D eigenvalue weighted by Gasteiger charge is 2.32. The van der Waals surface area contributed by atoms with Crippen molar-refractivity contribution < 1.29 is 9.18 Å². The fraction of sp³-hybridized carbons (Fsp3) is 0.375. The largest absolute Gasteiger partial charge is 0.354 e. The fourth-order valence-corrected chi connectivity index (χ4v) is 3.72. The molecule has 1 fully saturated rings. The summed E-state index contributed by atoms with van der Waals surface area (Å²) >= 11 is 0. The molecule has 1 unspecified atom stereocenters. The van der Waals surface area contributed by atoms with E-state index in [9.17, 15) is 14.0 Å². The van der Waals surface area contributed by atoms with E-state index in [1.807, 2.05) is 17.0 Å². The second-order valence-electron chi connectivity index (χ2n) is 6.18. The molecule has 1 atom stereocenters. The number of nitrogens with two attached hydrogens (primary N) is 1. The van der Waals surface area contributed by atoms with Crippen molar-refractivity contribution in [3.05, 3.63) is 39.4 Å². The summed E-state index contributed by atoms with van der Waals surface area (Å²) in [5.41, 5.74) is 7.61. The summed E-state index contributed by atoms with van der Waals surface area (Å²) in [6, 6.07) is 1.24. The lowest BCUT2D eigenvalue weighted by Crippen LogP contribution is -2.37. The van der Waals surface area contributed by atoms with Crippen LogP contribution in [0.2, 0.25) is 0 Å². The standard InChI is InChI=1S/C16H17FN4O2/c1-19-7-11-14-10(16(23)9(8-22)6-21(14)19)5-12(17)15(11)20-4-2-3-13(20)18/h5-6,8,13H,2-4,7,18H2,1H3. The van der Waals surface area contributed by atoms with Gasteiger partial charge in [-0.3, -0.25) is 14.3 Å². The monoisotopic (exact) mass is 316 g/mol. The highest BCUT2D eigenvalue weighted by molar-refractivity contribution is 5.93. The zero-order chi connectivity index (χ0) is 16.3. The molecule has 2 aromatic rings. The molecule has 1 aromatic carbocycles. The molecule has 0 amide bonds. The lowest BCUT2D eigenvalue weighted by molar-refractivity contribution is 0.112. The maximum atomic E-state index is 14.8. The maximum absolute atomic E-state index is 14.8. The van der Waals surface area contributed by atoms with Crippen molar-refractivity contribution in [1.82, 2.24) is 4.68 Å². The second-order valence-corrected chi connectivity index (χ2v) is 6.18. The summed E-state index contributed by atoms with van der Waals surface area (Å²) < 4.78 is 16.6. The Morgan fingerprint density at radius 1 is 1.43 bits per heavy atom. The molecule has 0 aliphatic carbocycles. The van der Waals surface area contributed by atoms with Crippen LogP contribution in [0.5, 0.6) is 0 Å². The van der Waals surface area contributed by atoms with Crippen molar-refractivity contribution in [2.45, 2.75) is 25.6 Å². The minimum atomic E-state index is -0.452. The van der Waals surface area contributed by atoms with Crippen LogP contribution in [-0.2, 0) is 6.54 Å². The van der Waals surface area contributed by atoms with Crippen molar-refractivity contribution in [2.75, 3.05) is 23.5 Å². The number of rotatable bonds is 2. The summed E-state index contributed by atoms with van der Waals surface area (Å²) in [4.78, 5) is 25.4. The highest BCUT2D eigenvalue weighted by atomic mass is 19.1. The Labute approximate surface area is 131 Å². The number of anilines is 1. The second kappa shape index (κ2) is 4.79. The molecule has 2 aliphatic rings. The van der Waals surface area contributed by atoms with Crippen LogP contribution in [0.4, 0.5) is 10.1 Å². The van der Waals surface area contributed by atoms with E-state index in [4.69, 9.17) is 5.73 Å². The third-order valence-electron chi connectivity index (χ3n) is 4.79. The number of aldehydes is 1.